The van der Waals surface area contributed by atoms with Gasteiger partial charge in [-0.3, -0.25) is 4.79 Å². The first-order valence-electron chi connectivity index (χ1n) is 9.39. The van der Waals surface area contributed by atoms with E-state index in [1.54, 1.807) is 19.0 Å². The van der Waals surface area contributed by atoms with E-state index >= 15 is 0 Å². The van der Waals surface area contributed by atoms with Crippen LogP contribution in [0.4, 0.5) is 0 Å². The van der Waals surface area contributed by atoms with Crippen LogP contribution in [0.5, 0.6) is 0 Å². The van der Waals surface area contributed by atoms with Crippen molar-refractivity contribution in [2.24, 2.45) is 0 Å². The van der Waals surface area contributed by atoms with Gasteiger partial charge in [0, 0.05) is 25.2 Å². The normalized spacial score (nSPS) is 11.4. The van der Waals surface area contributed by atoms with Gasteiger partial charge in [-0.05, 0) is 29.3 Å². The number of amides is 1. The average molecular weight is 364 g/mol. The van der Waals surface area contributed by atoms with Crippen molar-refractivity contribution in [2.75, 3.05) is 14.1 Å². The molecule has 0 atom stereocenters. The molecule has 0 N–H and O–H groups in total. The molecule has 0 aliphatic rings. The summed E-state index contributed by atoms with van der Waals surface area (Å²) in [5.74, 6) is 0.0245. The van der Waals surface area contributed by atoms with E-state index in [4.69, 9.17) is 0 Å². The second kappa shape index (κ2) is 6.24. The maximum Gasteiger partial charge on any atom is 0.255 e. The lowest BCUT2D eigenvalue weighted by molar-refractivity contribution is 0.0829. The molecule has 5 aromatic rings. The van der Waals surface area contributed by atoms with Crippen LogP contribution in [0.25, 0.3) is 38.8 Å². The van der Waals surface area contributed by atoms with Crippen LogP contribution >= 0.6 is 0 Å². The highest BCUT2D eigenvalue weighted by Crippen LogP contribution is 2.43. The minimum absolute atomic E-state index is 0.0245. The van der Waals surface area contributed by atoms with E-state index in [0.29, 0.717) is 0 Å². The fourth-order valence-electron chi connectivity index (χ4n) is 4.10. The van der Waals surface area contributed by atoms with E-state index < -0.39 is 0 Å². The van der Waals surface area contributed by atoms with Crippen LogP contribution in [0.15, 0.2) is 84.9 Å². The van der Waals surface area contributed by atoms with E-state index in [-0.39, 0.29) is 5.91 Å². The predicted molar refractivity (Wildman–Crippen MR) is 115 cm³/mol. The van der Waals surface area contributed by atoms with Gasteiger partial charge in [-0.2, -0.15) is 0 Å². The van der Waals surface area contributed by atoms with E-state index in [1.165, 1.54) is 16.7 Å². The molecule has 0 saturated heterocycles. The zero-order valence-corrected chi connectivity index (χ0v) is 15.9. The third-order valence-electron chi connectivity index (χ3n) is 5.31. The van der Waals surface area contributed by atoms with Crippen LogP contribution in [0.1, 0.15) is 10.4 Å². The summed E-state index contributed by atoms with van der Waals surface area (Å²) in [7, 11) is 3.59. The van der Waals surface area contributed by atoms with Crippen LogP contribution < -0.4 is 0 Å². The Morgan fingerprint density at radius 2 is 1.21 bits per heavy atom. The molecule has 1 amide bonds. The van der Waals surface area contributed by atoms with Gasteiger partial charge in [0.05, 0.1) is 22.1 Å². The fourth-order valence-corrected chi connectivity index (χ4v) is 4.10. The number of aromatic nitrogens is 1. The van der Waals surface area contributed by atoms with Gasteiger partial charge in [-0.1, -0.05) is 66.7 Å². The summed E-state index contributed by atoms with van der Waals surface area (Å²) in [6.07, 6.45) is 0. The minimum Gasteiger partial charge on any atom is -0.345 e. The Bertz CT molecular complexity index is 1280. The number of hydrogen-bond donors (Lipinski definition) is 0. The first kappa shape index (κ1) is 16.6. The number of carbonyl (C=O) groups is 1. The molecule has 3 heteroatoms. The van der Waals surface area contributed by atoms with Crippen molar-refractivity contribution in [2.45, 2.75) is 0 Å². The number of nitrogens with zero attached hydrogens (tertiary/aromatic N) is 2. The highest BCUT2D eigenvalue weighted by atomic mass is 16.2. The van der Waals surface area contributed by atoms with Gasteiger partial charge in [0.15, 0.2) is 0 Å². The van der Waals surface area contributed by atoms with Gasteiger partial charge in [-0.25, -0.2) is 0 Å². The summed E-state index contributed by atoms with van der Waals surface area (Å²) in [6.45, 7) is 0. The van der Waals surface area contributed by atoms with Gasteiger partial charge < -0.3 is 9.30 Å². The molecule has 0 radical (unpaired) electrons. The standard InChI is InChI=1S/C25H20N2O/c1-26(2)25(28)19-16-22-24(18-12-7-4-8-13-18)23(17-10-5-3-6-11-17)21-15-9-14-20(19)27(21)22/h3-16H,1-2H3. The monoisotopic (exact) mass is 364 g/mol. The number of carbonyl (C=O) groups excluding carboxylic acids is 1. The van der Waals surface area contributed by atoms with Gasteiger partial charge >= 0.3 is 0 Å². The number of rotatable bonds is 3. The van der Waals surface area contributed by atoms with Crippen molar-refractivity contribution < 1.29 is 4.79 Å². The highest BCUT2D eigenvalue weighted by Gasteiger charge is 2.24. The second-order valence-corrected chi connectivity index (χ2v) is 7.26. The Morgan fingerprint density at radius 1 is 0.679 bits per heavy atom. The lowest BCUT2D eigenvalue weighted by Crippen LogP contribution is -2.21. The first-order valence-corrected chi connectivity index (χ1v) is 9.39. The molecule has 136 valence electrons. The summed E-state index contributed by atoms with van der Waals surface area (Å²) < 4.78 is 2.22. The zero-order chi connectivity index (χ0) is 19.3. The molecule has 0 aliphatic carbocycles. The highest BCUT2D eigenvalue weighted by molar-refractivity contribution is 6.11. The van der Waals surface area contributed by atoms with Gasteiger partial charge in [-0.15, -0.1) is 0 Å². The topological polar surface area (TPSA) is 24.7 Å². The van der Waals surface area contributed by atoms with Crippen molar-refractivity contribution in [3.8, 4) is 22.3 Å². The molecule has 28 heavy (non-hydrogen) atoms. The molecular weight excluding hydrogens is 344 g/mol. The van der Waals surface area contributed by atoms with Crippen molar-refractivity contribution in [3.63, 3.8) is 0 Å². The van der Waals surface area contributed by atoms with Crippen LogP contribution in [0.3, 0.4) is 0 Å². The Morgan fingerprint density at radius 3 is 1.79 bits per heavy atom. The summed E-state index contributed by atoms with van der Waals surface area (Å²) in [6, 6.07) is 29.1. The lowest BCUT2D eigenvalue weighted by atomic mass is 9.96. The molecule has 0 fully saturated rings. The van der Waals surface area contributed by atoms with Crippen molar-refractivity contribution in [1.29, 1.82) is 0 Å². The molecule has 3 heterocycles. The van der Waals surface area contributed by atoms with Gasteiger partial charge in [0.25, 0.3) is 5.91 Å². The first-order chi connectivity index (χ1) is 13.7. The number of benzene rings is 2. The van der Waals surface area contributed by atoms with Crippen molar-refractivity contribution >= 4 is 22.5 Å². The lowest BCUT2D eigenvalue weighted by Gasteiger charge is -2.10. The molecule has 0 unspecified atom stereocenters. The molecule has 2 aromatic carbocycles. The van der Waals surface area contributed by atoms with Gasteiger partial charge in [0.2, 0.25) is 0 Å². The summed E-state index contributed by atoms with van der Waals surface area (Å²) in [4.78, 5) is 14.4. The third kappa shape index (κ3) is 2.33. The maximum atomic E-state index is 12.8. The molecule has 0 bridgehead atoms. The SMILES string of the molecule is CN(C)C(=O)c1cc2c(-c3ccccc3)c(-c3ccccc3)c3cccc1n32. The van der Waals surface area contributed by atoms with E-state index in [9.17, 15) is 4.79 Å². The minimum atomic E-state index is 0.0245. The summed E-state index contributed by atoms with van der Waals surface area (Å²) >= 11 is 0. The number of hydrogen-bond acceptors (Lipinski definition) is 1. The zero-order valence-electron chi connectivity index (χ0n) is 15.9. The van der Waals surface area contributed by atoms with Crippen LogP contribution in [0.2, 0.25) is 0 Å². The Balaban J connectivity index is 1.94. The van der Waals surface area contributed by atoms with Crippen LogP contribution in [-0.2, 0) is 0 Å². The van der Waals surface area contributed by atoms with Crippen molar-refractivity contribution in [3.05, 3.63) is 90.5 Å². The fraction of sp³-hybridized carbons (Fsp3) is 0.0800. The van der Waals surface area contributed by atoms with E-state index in [0.717, 1.165) is 27.7 Å². The largest absolute Gasteiger partial charge is 0.345 e. The molecule has 0 spiro atoms. The molecule has 0 saturated carbocycles. The smallest absolute Gasteiger partial charge is 0.255 e. The predicted octanol–water partition coefficient (Wildman–Crippen LogP) is 5.57. The summed E-state index contributed by atoms with van der Waals surface area (Å²) in [5.41, 5.74) is 8.58. The molecule has 0 aliphatic heterocycles. The average Bonchev–Trinajstić information content (AvgIpc) is 3.28. The Hall–Kier alpha value is -3.59. The second-order valence-electron chi connectivity index (χ2n) is 7.26. The van der Waals surface area contributed by atoms with Crippen LogP contribution in [0, 0.1) is 0 Å². The van der Waals surface area contributed by atoms with E-state index in [2.05, 4.69) is 59.0 Å². The maximum absolute atomic E-state index is 12.8. The number of pyridine rings is 1. The molecule has 3 aromatic heterocycles. The quantitative estimate of drug-likeness (QED) is 0.411. The Labute approximate surface area is 163 Å². The Kier molecular flexibility index (Phi) is 3.69. The van der Waals surface area contributed by atoms with E-state index in [1.807, 2.05) is 30.3 Å². The molecule has 3 nitrogen and oxygen atoms in total. The molecule has 5 rings (SSSR count). The van der Waals surface area contributed by atoms with Crippen molar-refractivity contribution in [1.82, 2.24) is 9.30 Å². The summed E-state index contributed by atoms with van der Waals surface area (Å²) in [5, 5.41) is 0. The molecular formula is C25H20N2O. The third-order valence-corrected chi connectivity index (χ3v) is 5.31. The van der Waals surface area contributed by atoms with Crippen LogP contribution in [-0.4, -0.2) is 29.3 Å². The van der Waals surface area contributed by atoms with Gasteiger partial charge in [0.1, 0.15) is 0 Å².